The van der Waals surface area contributed by atoms with Gasteiger partial charge in [-0.3, -0.25) is 9.59 Å². The number of phenolic OH excluding ortho intramolecular Hbond substituents is 1. The van der Waals surface area contributed by atoms with E-state index in [1.165, 1.54) is 0 Å². The first-order chi connectivity index (χ1) is 10.6. The van der Waals surface area contributed by atoms with Gasteiger partial charge in [0.1, 0.15) is 11.8 Å². The fraction of sp³-hybridized carbons (Fsp3) is 0.529. The van der Waals surface area contributed by atoms with Gasteiger partial charge in [-0.25, -0.2) is 0 Å². The van der Waals surface area contributed by atoms with Crippen molar-refractivity contribution in [2.45, 2.75) is 44.7 Å². The number of piperazine rings is 1. The minimum absolute atomic E-state index is 0.0238. The molecule has 2 aliphatic rings. The van der Waals surface area contributed by atoms with E-state index in [9.17, 15) is 14.7 Å². The highest BCUT2D eigenvalue weighted by molar-refractivity contribution is 5.89. The predicted molar refractivity (Wildman–Crippen MR) is 82.3 cm³/mol. The maximum absolute atomic E-state index is 12.5. The number of phenols is 1. The molecule has 0 unspecified atom stereocenters. The first-order valence-corrected chi connectivity index (χ1v) is 7.94. The standard InChI is InChI=1S/C17H22N2O3/c1-12-17(22)18-9-3-5-14(18)11-19(12)16(21)8-7-13-4-2-6-15(20)10-13/h2,4,6,10,12,14,20H,3,5,7-9,11H2,1H3/t12-,14-/m1/s1. The van der Waals surface area contributed by atoms with Crippen LogP contribution in [0.3, 0.4) is 0 Å². The molecule has 1 aromatic rings. The predicted octanol–water partition coefficient (Wildman–Crippen LogP) is 1.55. The molecule has 2 aliphatic heterocycles. The average Bonchev–Trinajstić information content (AvgIpc) is 2.97. The fourth-order valence-electron chi connectivity index (χ4n) is 3.50. The molecule has 0 radical (unpaired) electrons. The van der Waals surface area contributed by atoms with E-state index in [1.807, 2.05) is 17.9 Å². The Morgan fingerprint density at radius 1 is 1.41 bits per heavy atom. The molecule has 22 heavy (non-hydrogen) atoms. The van der Waals surface area contributed by atoms with Gasteiger partial charge >= 0.3 is 0 Å². The first-order valence-electron chi connectivity index (χ1n) is 7.94. The lowest BCUT2D eigenvalue weighted by Gasteiger charge is -2.41. The molecule has 5 nitrogen and oxygen atoms in total. The Kier molecular flexibility index (Phi) is 4.05. The van der Waals surface area contributed by atoms with Gasteiger partial charge in [-0.05, 0) is 43.9 Å². The summed E-state index contributed by atoms with van der Waals surface area (Å²) >= 11 is 0. The van der Waals surface area contributed by atoms with Crippen molar-refractivity contribution in [2.24, 2.45) is 0 Å². The van der Waals surface area contributed by atoms with Crippen LogP contribution in [0.5, 0.6) is 5.75 Å². The van der Waals surface area contributed by atoms with Crippen LogP contribution in [0.4, 0.5) is 0 Å². The number of hydrogen-bond acceptors (Lipinski definition) is 3. The first kappa shape index (κ1) is 14.9. The van der Waals surface area contributed by atoms with Crippen molar-refractivity contribution in [3.63, 3.8) is 0 Å². The average molecular weight is 302 g/mol. The molecule has 0 aliphatic carbocycles. The Hall–Kier alpha value is -2.04. The van der Waals surface area contributed by atoms with Crippen molar-refractivity contribution < 1.29 is 14.7 Å². The lowest BCUT2D eigenvalue weighted by Crippen LogP contribution is -2.60. The highest BCUT2D eigenvalue weighted by Gasteiger charge is 2.41. The van der Waals surface area contributed by atoms with E-state index in [0.717, 1.165) is 24.9 Å². The molecule has 0 aromatic heterocycles. The topological polar surface area (TPSA) is 60.9 Å². The number of benzene rings is 1. The Morgan fingerprint density at radius 3 is 3.00 bits per heavy atom. The van der Waals surface area contributed by atoms with Crippen molar-refractivity contribution in [1.29, 1.82) is 0 Å². The maximum atomic E-state index is 12.5. The molecule has 2 amide bonds. The highest BCUT2D eigenvalue weighted by Crippen LogP contribution is 2.26. The summed E-state index contributed by atoms with van der Waals surface area (Å²) in [6.45, 7) is 3.31. The second-order valence-corrected chi connectivity index (χ2v) is 6.22. The number of carbonyl (C=O) groups excluding carboxylic acids is 2. The molecule has 2 saturated heterocycles. The van der Waals surface area contributed by atoms with Gasteiger partial charge in [0.2, 0.25) is 11.8 Å². The normalized spacial score (nSPS) is 24.5. The molecular weight excluding hydrogens is 280 g/mol. The van der Waals surface area contributed by atoms with E-state index < -0.39 is 0 Å². The van der Waals surface area contributed by atoms with Gasteiger partial charge < -0.3 is 14.9 Å². The molecule has 0 saturated carbocycles. The number of hydrogen-bond donors (Lipinski definition) is 1. The third kappa shape index (κ3) is 2.80. The van der Waals surface area contributed by atoms with E-state index in [0.29, 0.717) is 19.4 Å². The number of nitrogens with zero attached hydrogens (tertiary/aromatic N) is 2. The monoisotopic (exact) mass is 302 g/mol. The molecule has 118 valence electrons. The van der Waals surface area contributed by atoms with Crippen LogP contribution >= 0.6 is 0 Å². The maximum Gasteiger partial charge on any atom is 0.245 e. The van der Waals surface area contributed by atoms with Crippen LogP contribution in [-0.2, 0) is 16.0 Å². The summed E-state index contributed by atoms with van der Waals surface area (Å²) < 4.78 is 0. The van der Waals surface area contributed by atoms with Gasteiger partial charge in [0.15, 0.2) is 0 Å². The molecule has 1 aromatic carbocycles. The minimum Gasteiger partial charge on any atom is -0.508 e. The second kappa shape index (κ2) is 5.99. The smallest absolute Gasteiger partial charge is 0.245 e. The summed E-state index contributed by atoms with van der Waals surface area (Å²) in [4.78, 5) is 28.5. The molecule has 3 rings (SSSR count). The zero-order valence-electron chi connectivity index (χ0n) is 12.9. The SMILES string of the molecule is C[C@@H]1C(=O)N2CCC[C@@H]2CN1C(=O)CCc1cccc(O)c1. The molecule has 5 heteroatoms. The number of amides is 2. The van der Waals surface area contributed by atoms with Gasteiger partial charge in [-0.15, -0.1) is 0 Å². The van der Waals surface area contributed by atoms with Crippen LogP contribution in [0.1, 0.15) is 31.7 Å². The van der Waals surface area contributed by atoms with Crippen LogP contribution in [-0.4, -0.2) is 51.9 Å². The van der Waals surface area contributed by atoms with Crippen molar-refractivity contribution >= 4 is 11.8 Å². The van der Waals surface area contributed by atoms with Crippen LogP contribution in [0.2, 0.25) is 0 Å². The van der Waals surface area contributed by atoms with E-state index in [1.54, 1.807) is 23.1 Å². The van der Waals surface area contributed by atoms with Crippen molar-refractivity contribution in [3.8, 4) is 5.75 Å². The summed E-state index contributed by atoms with van der Waals surface area (Å²) in [7, 11) is 0. The Morgan fingerprint density at radius 2 is 2.23 bits per heavy atom. The van der Waals surface area contributed by atoms with Crippen LogP contribution in [0, 0.1) is 0 Å². The number of carbonyl (C=O) groups is 2. The van der Waals surface area contributed by atoms with E-state index in [2.05, 4.69) is 0 Å². The van der Waals surface area contributed by atoms with E-state index in [4.69, 9.17) is 0 Å². The van der Waals surface area contributed by atoms with Crippen LogP contribution in [0.15, 0.2) is 24.3 Å². The third-order valence-electron chi connectivity index (χ3n) is 4.75. The quantitative estimate of drug-likeness (QED) is 0.921. The zero-order valence-corrected chi connectivity index (χ0v) is 12.9. The Balaban J connectivity index is 1.63. The van der Waals surface area contributed by atoms with Gasteiger partial charge in [-0.1, -0.05) is 12.1 Å². The van der Waals surface area contributed by atoms with Crippen LogP contribution in [0.25, 0.3) is 0 Å². The zero-order chi connectivity index (χ0) is 15.7. The number of aromatic hydroxyl groups is 1. The minimum atomic E-state index is -0.356. The van der Waals surface area contributed by atoms with Gasteiger partial charge in [-0.2, -0.15) is 0 Å². The van der Waals surface area contributed by atoms with Crippen molar-refractivity contribution in [2.75, 3.05) is 13.1 Å². The highest BCUT2D eigenvalue weighted by atomic mass is 16.3. The Bertz CT molecular complexity index is 587. The summed E-state index contributed by atoms with van der Waals surface area (Å²) in [5.74, 6) is 0.322. The van der Waals surface area contributed by atoms with E-state index >= 15 is 0 Å². The molecular formula is C17H22N2O3. The molecule has 0 spiro atoms. The van der Waals surface area contributed by atoms with E-state index in [-0.39, 0.29) is 29.6 Å². The lowest BCUT2D eigenvalue weighted by molar-refractivity contribution is -0.152. The number of aryl methyl sites for hydroxylation is 1. The summed E-state index contributed by atoms with van der Waals surface area (Å²) in [5.41, 5.74) is 0.937. The third-order valence-corrected chi connectivity index (χ3v) is 4.75. The van der Waals surface area contributed by atoms with Crippen molar-refractivity contribution in [1.82, 2.24) is 9.80 Å². The fourth-order valence-corrected chi connectivity index (χ4v) is 3.50. The molecule has 1 N–H and O–H groups in total. The summed E-state index contributed by atoms with van der Waals surface area (Å²) in [6.07, 6.45) is 2.98. The number of rotatable bonds is 3. The number of fused-ring (bicyclic) bond motifs is 1. The molecule has 2 atom stereocenters. The Labute approximate surface area is 130 Å². The largest absolute Gasteiger partial charge is 0.508 e. The van der Waals surface area contributed by atoms with Crippen LogP contribution < -0.4 is 0 Å². The van der Waals surface area contributed by atoms with Gasteiger partial charge in [0.05, 0.1) is 0 Å². The lowest BCUT2D eigenvalue weighted by atomic mass is 10.0. The summed E-state index contributed by atoms with van der Waals surface area (Å²) in [6, 6.07) is 6.82. The summed E-state index contributed by atoms with van der Waals surface area (Å²) in [5, 5.41) is 9.46. The molecule has 2 heterocycles. The van der Waals surface area contributed by atoms with Gasteiger partial charge in [0.25, 0.3) is 0 Å². The van der Waals surface area contributed by atoms with Gasteiger partial charge in [0, 0.05) is 25.6 Å². The molecule has 2 fully saturated rings. The van der Waals surface area contributed by atoms with Crippen molar-refractivity contribution in [3.05, 3.63) is 29.8 Å². The second-order valence-electron chi connectivity index (χ2n) is 6.22. The molecule has 0 bridgehead atoms.